The number of rotatable bonds is 18. The molecule has 4 heterocycles. The average Bonchev–Trinajstić information content (AvgIpc) is 2.80. The first kappa shape index (κ1) is 57.5. The van der Waals surface area contributed by atoms with Crippen molar-refractivity contribution < 1.29 is 82.3 Å². The molecule has 0 amide bonds. The van der Waals surface area contributed by atoms with Gasteiger partial charge in [-0.05, 0) is 164 Å². The van der Waals surface area contributed by atoms with E-state index in [-0.39, 0.29) is 0 Å². The molecule has 0 aliphatic carbocycles. The Balaban J connectivity index is 2.35. The minimum atomic E-state index is -5.04. The lowest BCUT2D eigenvalue weighted by molar-refractivity contribution is -0.0966. The summed E-state index contributed by atoms with van der Waals surface area (Å²) in [5.74, 6) is 0. The zero-order valence-electron chi connectivity index (χ0n) is 41.9. The smallest absolute Gasteiger partial charge is 0.441 e. The van der Waals surface area contributed by atoms with Crippen LogP contribution in [0.25, 0.3) is 0 Å². The van der Waals surface area contributed by atoms with E-state index < -0.39 is 149 Å². The van der Waals surface area contributed by atoms with Gasteiger partial charge in [0.05, 0.1) is 0 Å². The van der Waals surface area contributed by atoms with Crippen LogP contribution < -0.4 is 0 Å². The molecule has 4 unspecified atom stereocenters. The molecule has 0 spiro atoms. The third-order valence-corrected chi connectivity index (χ3v) is 59.5. The van der Waals surface area contributed by atoms with Crippen LogP contribution in [0.2, 0.25) is 164 Å². The second kappa shape index (κ2) is 18.5. The highest BCUT2D eigenvalue weighted by Crippen LogP contribution is 2.49. The van der Waals surface area contributed by atoms with Crippen LogP contribution in [0.3, 0.4) is 0 Å². The first-order valence-corrected chi connectivity index (χ1v) is 62.9. The van der Waals surface area contributed by atoms with Crippen molar-refractivity contribution in [2.24, 2.45) is 0 Å². The minimum Gasteiger partial charge on any atom is -0.441 e. The van der Waals surface area contributed by atoms with E-state index in [1.165, 1.54) is 0 Å². The molecule has 4 saturated heterocycles. The normalized spacial score (nSPS) is 37.2. The first-order valence-electron chi connectivity index (χ1n) is 21.0. The molecule has 366 valence electrons. The van der Waals surface area contributed by atoms with E-state index in [9.17, 15) is 0 Å². The number of fused-ring (bicyclic) bond motifs is 4. The van der Waals surface area contributed by atoms with Crippen molar-refractivity contribution in [3.8, 4) is 0 Å². The van der Waals surface area contributed by atoms with Crippen LogP contribution in [0.1, 0.15) is 0 Å². The Morgan fingerprint density at radius 3 is 0.774 bits per heavy atom. The van der Waals surface area contributed by atoms with Crippen molar-refractivity contribution in [1.82, 2.24) is 0 Å². The number of hydrogen-bond donors (Lipinski definition) is 0. The van der Waals surface area contributed by atoms with Crippen molar-refractivity contribution >= 4 is 149 Å². The van der Waals surface area contributed by atoms with Gasteiger partial charge in [0.25, 0.3) is 10.0 Å². The fourth-order valence-electron chi connectivity index (χ4n) is 5.63. The molecule has 4 aliphatic rings. The molecule has 0 aromatic carbocycles. The summed E-state index contributed by atoms with van der Waals surface area (Å²) in [6.45, 7) is 49.5. The largest absolute Gasteiger partial charge is 0.651 e. The monoisotopic (exact) mass is 1170 g/mol. The van der Waals surface area contributed by atoms with Crippen LogP contribution in [0.5, 0.6) is 0 Å². The van der Waals surface area contributed by atoms with Gasteiger partial charge < -0.3 is 82.3 Å². The molecule has 4 atom stereocenters. The summed E-state index contributed by atoms with van der Waals surface area (Å²) >= 11 is 0. The highest BCUT2D eigenvalue weighted by Gasteiger charge is 2.87. The summed E-state index contributed by atoms with van der Waals surface area (Å²) in [5.41, 5.74) is 0. The van der Waals surface area contributed by atoms with Gasteiger partial charge in [-0.3, -0.25) is 0 Å². The average molecular weight is 1180 g/mol. The van der Waals surface area contributed by atoms with Gasteiger partial charge in [-0.25, -0.2) is 0 Å². The van der Waals surface area contributed by atoms with Crippen LogP contribution in [0.15, 0.2) is 0 Å². The van der Waals surface area contributed by atoms with E-state index >= 15 is 0 Å². The second-order valence-electron chi connectivity index (χ2n) is 23.2. The van der Waals surface area contributed by atoms with E-state index in [1.54, 1.807) is 6.55 Å². The van der Waals surface area contributed by atoms with E-state index in [0.717, 1.165) is 0 Å². The Bertz CT molecular complexity index is 1500. The van der Waals surface area contributed by atoms with Gasteiger partial charge in [0.15, 0.2) is 66.5 Å². The van der Waals surface area contributed by atoms with Gasteiger partial charge in [0, 0.05) is 0 Å². The summed E-state index contributed by atoms with van der Waals surface area (Å²) in [7, 11) is -61.4. The van der Waals surface area contributed by atoms with Crippen LogP contribution in [-0.2, 0) is 82.3 Å². The highest BCUT2D eigenvalue weighted by atomic mass is 28.7. The molecule has 4 rings (SSSR count). The van der Waals surface area contributed by atoms with Crippen molar-refractivity contribution in [2.75, 3.05) is 0 Å². The van der Waals surface area contributed by atoms with Gasteiger partial charge in [-0.15, -0.1) is 0 Å². The van der Waals surface area contributed by atoms with E-state index in [0.29, 0.717) is 0 Å². The summed E-state index contributed by atoms with van der Waals surface area (Å²) in [5, 5.41) is 0. The minimum absolute atomic E-state index is 1.79. The van der Waals surface area contributed by atoms with Gasteiger partial charge in [-0.1, -0.05) is 0 Å². The molecule has 37 heteroatoms. The van der Waals surface area contributed by atoms with Gasteiger partial charge in [0.2, 0.25) is 0 Å². The lowest BCUT2D eigenvalue weighted by atomic mass is 11.8. The summed E-state index contributed by atoms with van der Waals surface area (Å²) < 4.78 is 144. The molecule has 62 heavy (non-hydrogen) atoms. The quantitative estimate of drug-likeness (QED) is 0.147. The van der Waals surface area contributed by atoms with Crippen LogP contribution in [0, 0.1) is 0 Å². The molecule has 0 saturated carbocycles. The van der Waals surface area contributed by atoms with E-state index in [4.69, 9.17) is 82.3 Å². The SMILES string of the molecule is C[SiH]1O[Si]2(O[Si](C)(C)C)O[Si]3(O[Si](C)(C)C)O[Si](O[SiH2]O[Si](C)(C)C)(O[Si](C)(C)C)O[Si]4(O[Si](C)(C)C)O[Si](O[Si](C)(C)C)(O1)O[Si](O[Si](C)(C)C)(O2)O[Si](O[Si](C)(C)C)(O3)O4. The Kier molecular flexibility index (Phi) is 17.1. The maximum Gasteiger partial charge on any atom is 0.651 e. The van der Waals surface area contributed by atoms with Crippen LogP contribution >= 0.6 is 0 Å². The molecular formula is C25H78O20Si17. The Hall–Kier alpha value is 2.89. The zero-order chi connectivity index (χ0) is 47.9. The molecule has 0 aromatic heterocycles. The predicted octanol–water partition coefficient (Wildman–Crippen LogP) is 5.95. The van der Waals surface area contributed by atoms with Crippen molar-refractivity contribution in [1.29, 1.82) is 0 Å². The lowest BCUT2D eigenvalue weighted by Gasteiger charge is -2.57. The molecule has 0 N–H and O–H groups in total. The fraction of sp³-hybridized carbons (Fsp3) is 1.00. The van der Waals surface area contributed by atoms with Crippen LogP contribution in [0.4, 0.5) is 0 Å². The van der Waals surface area contributed by atoms with Gasteiger partial charge in [0.1, 0.15) is 0 Å². The van der Waals surface area contributed by atoms with Crippen molar-refractivity contribution in [2.45, 2.75) is 164 Å². The molecule has 0 radical (unpaired) electrons. The second-order valence-corrected chi connectivity index (χ2v) is 82.7. The third kappa shape index (κ3) is 17.6. The molecule has 0 aromatic rings. The molecule has 4 fully saturated rings. The molecule has 4 aliphatic heterocycles. The van der Waals surface area contributed by atoms with Gasteiger partial charge in [-0.2, -0.15) is 0 Å². The topological polar surface area (TPSA) is 185 Å². The Morgan fingerprint density at radius 1 is 0.306 bits per heavy atom. The summed E-state index contributed by atoms with van der Waals surface area (Å²) in [6.07, 6.45) is 0. The standard InChI is InChI=1S/C25H78O20Si17/c1-47-28-57(31-50(8,9)10)39-59(33-52(14,15)16)37-56(30-49(5,6)7,27-46-26-48(2,3)4)38-60(34-53(17,18)19)40-58(29-47,32-51(11,12)13)42-61(41-57,35-54(20,21)22)45-62(43-59,44-60)36-55(23,24)25/h47H,46H2,1-25H3. The number of hydrogen-bond acceptors (Lipinski definition) is 20. The summed E-state index contributed by atoms with van der Waals surface area (Å²) in [4.78, 5) is 0. The van der Waals surface area contributed by atoms with Crippen molar-refractivity contribution in [3.05, 3.63) is 0 Å². The Morgan fingerprint density at radius 2 is 0.532 bits per heavy atom. The summed E-state index contributed by atoms with van der Waals surface area (Å²) in [6, 6.07) is 0. The predicted molar refractivity (Wildman–Crippen MR) is 270 cm³/mol. The fourth-order valence-corrected chi connectivity index (χ4v) is 68.2. The highest BCUT2D eigenvalue weighted by molar-refractivity contribution is 7.01. The maximum absolute atomic E-state index is 7.45. The first-order chi connectivity index (χ1) is 27.1. The zero-order valence-corrected chi connectivity index (χ0v) is 59.5. The Labute approximate surface area is 392 Å². The molecule has 20 nitrogen and oxygen atoms in total. The third-order valence-electron chi connectivity index (χ3n) is 6.62. The van der Waals surface area contributed by atoms with E-state index in [2.05, 4.69) is 19.6 Å². The van der Waals surface area contributed by atoms with Gasteiger partial charge >= 0.3 is 72.6 Å². The van der Waals surface area contributed by atoms with E-state index in [1.807, 2.05) is 137 Å². The van der Waals surface area contributed by atoms with Crippen LogP contribution in [-0.4, -0.2) is 149 Å². The molecular weight excluding hydrogens is 1100 g/mol. The van der Waals surface area contributed by atoms with Crippen molar-refractivity contribution in [3.63, 3.8) is 0 Å². The maximum atomic E-state index is 7.45. The lowest BCUT2D eigenvalue weighted by Crippen LogP contribution is -2.89. The molecule has 6 bridgehead atoms.